The van der Waals surface area contributed by atoms with Gasteiger partial charge in [0, 0.05) is 39.1 Å². The van der Waals surface area contributed by atoms with Crippen molar-refractivity contribution in [2.45, 2.75) is 6.42 Å². The first-order valence-corrected chi connectivity index (χ1v) is 5.62. The van der Waals surface area contributed by atoms with Crippen LogP contribution in [0.1, 0.15) is 5.76 Å². The molecule has 1 saturated heterocycles. The van der Waals surface area contributed by atoms with Gasteiger partial charge in [-0.3, -0.25) is 0 Å². The van der Waals surface area contributed by atoms with Crippen molar-refractivity contribution in [1.29, 1.82) is 0 Å². The molecular formula is C11H17N3O2. The fourth-order valence-electron chi connectivity index (χ4n) is 1.73. The van der Waals surface area contributed by atoms with Crippen LogP contribution in [0.2, 0.25) is 0 Å². The van der Waals surface area contributed by atoms with Crippen molar-refractivity contribution in [3.8, 4) is 0 Å². The Balaban J connectivity index is 1.67. The molecule has 5 heteroatoms. The molecule has 16 heavy (non-hydrogen) atoms. The van der Waals surface area contributed by atoms with Crippen LogP contribution in [0.15, 0.2) is 22.8 Å². The molecule has 1 aliphatic rings. The van der Waals surface area contributed by atoms with Crippen LogP contribution in [0.25, 0.3) is 0 Å². The molecule has 0 unspecified atom stereocenters. The topological polar surface area (TPSA) is 57.5 Å². The molecule has 1 fully saturated rings. The highest BCUT2D eigenvalue weighted by Crippen LogP contribution is 2.00. The number of hydrogen-bond donors (Lipinski definition) is 2. The lowest BCUT2D eigenvalue weighted by Crippen LogP contribution is -2.50. The second kappa shape index (κ2) is 5.55. The van der Waals surface area contributed by atoms with Gasteiger partial charge in [0.25, 0.3) is 0 Å². The van der Waals surface area contributed by atoms with Crippen molar-refractivity contribution in [3.05, 3.63) is 24.2 Å². The average Bonchev–Trinajstić information content (AvgIpc) is 2.83. The number of furan rings is 1. The standard InChI is InChI=1S/C11H17N3O2/c15-11(14-7-5-12-6-8-14)13-4-3-10-2-1-9-16-10/h1-2,9,12H,3-8H2,(H,13,15). The van der Waals surface area contributed by atoms with Crippen molar-refractivity contribution in [3.63, 3.8) is 0 Å². The highest BCUT2D eigenvalue weighted by Gasteiger charge is 2.15. The minimum atomic E-state index is 0.0213. The number of hydrogen-bond acceptors (Lipinski definition) is 3. The second-order valence-electron chi connectivity index (χ2n) is 3.80. The normalized spacial score (nSPS) is 16.1. The Morgan fingerprint density at radius 3 is 3.00 bits per heavy atom. The number of amides is 2. The summed E-state index contributed by atoms with van der Waals surface area (Å²) in [6.07, 6.45) is 2.39. The van der Waals surface area contributed by atoms with E-state index in [0.717, 1.165) is 38.4 Å². The van der Waals surface area contributed by atoms with Gasteiger partial charge in [0.15, 0.2) is 0 Å². The molecule has 1 aromatic rings. The molecule has 2 N–H and O–H groups in total. The Bertz CT molecular complexity index is 318. The van der Waals surface area contributed by atoms with Crippen LogP contribution < -0.4 is 10.6 Å². The quantitative estimate of drug-likeness (QED) is 0.781. The molecule has 88 valence electrons. The number of nitrogens with one attached hydrogen (secondary N) is 2. The molecule has 1 aliphatic heterocycles. The van der Waals surface area contributed by atoms with Gasteiger partial charge in [0.2, 0.25) is 0 Å². The minimum absolute atomic E-state index is 0.0213. The maximum atomic E-state index is 11.7. The van der Waals surface area contributed by atoms with Crippen molar-refractivity contribution in [1.82, 2.24) is 15.5 Å². The van der Waals surface area contributed by atoms with Crippen LogP contribution in [0, 0.1) is 0 Å². The maximum Gasteiger partial charge on any atom is 0.317 e. The number of carbonyl (C=O) groups is 1. The van der Waals surface area contributed by atoms with Crippen LogP contribution in [-0.2, 0) is 6.42 Å². The summed E-state index contributed by atoms with van der Waals surface area (Å²) in [5, 5.41) is 6.10. The van der Waals surface area contributed by atoms with E-state index in [9.17, 15) is 4.79 Å². The molecule has 0 atom stereocenters. The van der Waals surface area contributed by atoms with E-state index in [4.69, 9.17) is 4.42 Å². The molecule has 0 radical (unpaired) electrons. The number of rotatable bonds is 3. The lowest BCUT2D eigenvalue weighted by atomic mass is 10.3. The SMILES string of the molecule is O=C(NCCc1ccco1)N1CCNCC1. The summed E-state index contributed by atoms with van der Waals surface area (Å²) in [5.41, 5.74) is 0. The van der Waals surface area contributed by atoms with Gasteiger partial charge in [-0.25, -0.2) is 4.79 Å². The minimum Gasteiger partial charge on any atom is -0.469 e. The highest BCUT2D eigenvalue weighted by molar-refractivity contribution is 5.74. The van der Waals surface area contributed by atoms with Gasteiger partial charge in [-0.1, -0.05) is 0 Å². The predicted octanol–water partition coefficient (Wildman–Crippen LogP) is 0.437. The van der Waals surface area contributed by atoms with Crippen molar-refractivity contribution < 1.29 is 9.21 Å². The molecule has 0 aromatic carbocycles. The Labute approximate surface area is 94.8 Å². The molecule has 2 heterocycles. The molecule has 5 nitrogen and oxygen atoms in total. The summed E-state index contributed by atoms with van der Waals surface area (Å²) >= 11 is 0. The number of nitrogens with zero attached hydrogens (tertiary/aromatic N) is 1. The molecular weight excluding hydrogens is 206 g/mol. The lowest BCUT2D eigenvalue weighted by molar-refractivity contribution is 0.190. The van der Waals surface area contributed by atoms with Gasteiger partial charge >= 0.3 is 6.03 Å². The van der Waals surface area contributed by atoms with E-state index in [1.807, 2.05) is 17.0 Å². The molecule has 0 spiro atoms. The Kier molecular flexibility index (Phi) is 3.82. The molecule has 1 aromatic heterocycles. The first kappa shape index (κ1) is 11.0. The van der Waals surface area contributed by atoms with Crippen molar-refractivity contribution in [2.24, 2.45) is 0 Å². The van der Waals surface area contributed by atoms with E-state index in [0.29, 0.717) is 6.54 Å². The van der Waals surface area contributed by atoms with Gasteiger partial charge in [0.05, 0.1) is 6.26 Å². The first-order chi connectivity index (χ1) is 7.86. The largest absolute Gasteiger partial charge is 0.469 e. The van der Waals surface area contributed by atoms with E-state index in [-0.39, 0.29) is 6.03 Å². The smallest absolute Gasteiger partial charge is 0.317 e. The maximum absolute atomic E-state index is 11.7. The molecule has 2 amide bonds. The molecule has 0 bridgehead atoms. The zero-order valence-corrected chi connectivity index (χ0v) is 9.24. The number of urea groups is 1. The Morgan fingerprint density at radius 2 is 2.31 bits per heavy atom. The fourth-order valence-corrected chi connectivity index (χ4v) is 1.73. The van der Waals surface area contributed by atoms with Crippen LogP contribution >= 0.6 is 0 Å². The van der Waals surface area contributed by atoms with E-state index >= 15 is 0 Å². The summed E-state index contributed by atoms with van der Waals surface area (Å²) in [7, 11) is 0. The third kappa shape index (κ3) is 3.00. The molecule has 0 aliphatic carbocycles. The number of carbonyl (C=O) groups excluding carboxylic acids is 1. The third-order valence-corrected chi connectivity index (χ3v) is 2.63. The van der Waals surface area contributed by atoms with Crippen molar-refractivity contribution in [2.75, 3.05) is 32.7 Å². The molecule has 2 rings (SSSR count). The van der Waals surface area contributed by atoms with Gasteiger partial charge in [-0.05, 0) is 12.1 Å². The van der Waals surface area contributed by atoms with E-state index in [1.165, 1.54) is 0 Å². The summed E-state index contributed by atoms with van der Waals surface area (Å²) < 4.78 is 5.19. The second-order valence-corrected chi connectivity index (χ2v) is 3.80. The lowest BCUT2D eigenvalue weighted by Gasteiger charge is -2.27. The summed E-state index contributed by atoms with van der Waals surface area (Å²) in [5.74, 6) is 0.903. The van der Waals surface area contributed by atoms with Crippen molar-refractivity contribution >= 4 is 6.03 Å². The molecule has 0 saturated carbocycles. The van der Waals surface area contributed by atoms with E-state index < -0.39 is 0 Å². The van der Waals surface area contributed by atoms with Crippen LogP contribution in [0.4, 0.5) is 4.79 Å². The fraction of sp³-hybridized carbons (Fsp3) is 0.545. The van der Waals surface area contributed by atoms with Gasteiger partial charge < -0.3 is 20.0 Å². The summed E-state index contributed by atoms with van der Waals surface area (Å²) in [6, 6.07) is 3.79. The van der Waals surface area contributed by atoms with Gasteiger partial charge in [0.1, 0.15) is 5.76 Å². The van der Waals surface area contributed by atoms with E-state index in [2.05, 4.69) is 10.6 Å². The van der Waals surface area contributed by atoms with Crippen LogP contribution in [0.5, 0.6) is 0 Å². The summed E-state index contributed by atoms with van der Waals surface area (Å²) in [6.45, 7) is 3.95. The Morgan fingerprint density at radius 1 is 1.50 bits per heavy atom. The summed E-state index contributed by atoms with van der Waals surface area (Å²) in [4.78, 5) is 13.5. The first-order valence-electron chi connectivity index (χ1n) is 5.62. The average molecular weight is 223 g/mol. The van der Waals surface area contributed by atoms with Gasteiger partial charge in [-0.2, -0.15) is 0 Å². The van der Waals surface area contributed by atoms with Gasteiger partial charge in [-0.15, -0.1) is 0 Å². The third-order valence-electron chi connectivity index (χ3n) is 2.63. The highest BCUT2D eigenvalue weighted by atomic mass is 16.3. The van der Waals surface area contributed by atoms with E-state index in [1.54, 1.807) is 6.26 Å². The Hall–Kier alpha value is -1.49. The number of piperazine rings is 1. The monoisotopic (exact) mass is 223 g/mol. The van der Waals surface area contributed by atoms with Crippen LogP contribution in [0.3, 0.4) is 0 Å². The van der Waals surface area contributed by atoms with Crippen LogP contribution in [-0.4, -0.2) is 43.7 Å². The zero-order valence-electron chi connectivity index (χ0n) is 9.24. The zero-order chi connectivity index (χ0) is 11.2. The predicted molar refractivity (Wildman–Crippen MR) is 60.3 cm³/mol.